The molecule has 51 heavy (non-hydrogen) atoms. The summed E-state index contributed by atoms with van der Waals surface area (Å²) >= 11 is 13.2. The molecule has 2 amide bonds. The zero-order valence-corrected chi connectivity index (χ0v) is 31.2. The summed E-state index contributed by atoms with van der Waals surface area (Å²) in [6.07, 6.45) is 3.22. The minimum Gasteiger partial charge on any atom is -0.487 e. The van der Waals surface area contributed by atoms with Crippen molar-refractivity contribution in [3.8, 4) is 5.75 Å². The number of halogens is 2. The number of aryl methyl sites for hydroxylation is 2. The lowest BCUT2D eigenvalue weighted by Crippen LogP contribution is -2.54. The Bertz CT molecular complexity index is 1900. The highest BCUT2D eigenvalue weighted by Gasteiger charge is 2.39. The van der Waals surface area contributed by atoms with Gasteiger partial charge in [0.2, 0.25) is 21.8 Å². The molecular weight excluding hydrogens is 715 g/mol. The maximum atomic E-state index is 13.8. The molecule has 0 spiro atoms. The van der Waals surface area contributed by atoms with Crippen LogP contribution in [-0.4, -0.2) is 85.8 Å². The van der Waals surface area contributed by atoms with Gasteiger partial charge in [-0.05, 0) is 69.4 Å². The van der Waals surface area contributed by atoms with E-state index in [4.69, 9.17) is 45.1 Å². The highest BCUT2D eigenvalue weighted by molar-refractivity contribution is 7.89. The summed E-state index contributed by atoms with van der Waals surface area (Å²) in [4.78, 5) is 38.4. The summed E-state index contributed by atoms with van der Waals surface area (Å²) in [6, 6.07) is 9.54. The zero-order chi connectivity index (χ0) is 36.9. The highest BCUT2D eigenvalue weighted by atomic mass is 35.5. The van der Waals surface area contributed by atoms with Crippen molar-refractivity contribution in [3.63, 3.8) is 0 Å². The van der Waals surface area contributed by atoms with Gasteiger partial charge in [0.05, 0.1) is 10.9 Å². The van der Waals surface area contributed by atoms with Crippen LogP contribution in [0.2, 0.25) is 10.0 Å². The van der Waals surface area contributed by atoms with Crippen LogP contribution in [0.4, 0.5) is 0 Å². The van der Waals surface area contributed by atoms with Crippen molar-refractivity contribution in [3.05, 3.63) is 63.3 Å². The number of ether oxygens (including phenoxy) is 1. The SMILES string of the molecule is Cc1cc(C)c2cccc(OCc3c(Cl)ccc(S(=O)(=O)NC4CCCC4C(=O)N4CCN(C(=O)C[C@@H](N)CCCN=C(N)N)CC4)c3Cl)c2n1. The van der Waals surface area contributed by atoms with E-state index in [1.54, 1.807) is 15.9 Å². The molecule has 1 aliphatic heterocycles. The van der Waals surface area contributed by atoms with Gasteiger partial charge in [0.15, 0.2) is 5.96 Å². The van der Waals surface area contributed by atoms with Crippen molar-refractivity contribution in [1.29, 1.82) is 0 Å². The minimum atomic E-state index is -4.15. The monoisotopic (exact) mass is 760 g/mol. The number of nitrogens with zero attached hydrogens (tertiary/aromatic N) is 4. The Morgan fingerprint density at radius 3 is 2.53 bits per heavy atom. The lowest BCUT2D eigenvalue weighted by molar-refractivity contribution is -0.142. The number of piperazine rings is 1. The first-order chi connectivity index (χ1) is 24.2. The summed E-state index contributed by atoms with van der Waals surface area (Å²) in [6.45, 7) is 5.76. The van der Waals surface area contributed by atoms with Gasteiger partial charge in [0, 0.05) is 72.9 Å². The molecule has 5 rings (SSSR count). The van der Waals surface area contributed by atoms with Crippen molar-refractivity contribution >= 4 is 61.9 Å². The molecule has 1 aliphatic carbocycles. The van der Waals surface area contributed by atoms with Crippen molar-refractivity contribution in [1.82, 2.24) is 19.5 Å². The van der Waals surface area contributed by atoms with Gasteiger partial charge in [-0.3, -0.25) is 14.6 Å². The maximum absolute atomic E-state index is 13.8. The second-order valence-electron chi connectivity index (χ2n) is 13.2. The van der Waals surface area contributed by atoms with E-state index in [9.17, 15) is 18.0 Å². The average Bonchev–Trinajstić information content (AvgIpc) is 3.53. The number of aliphatic imine (C=N–C) groups is 1. The molecule has 13 nitrogen and oxygen atoms in total. The molecule has 1 saturated carbocycles. The molecule has 1 saturated heterocycles. The molecule has 2 heterocycles. The predicted octanol–water partition coefficient (Wildman–Crippen LogP) is 3.63. The Morgan fingerprint density at radius 1 is 1.08 bits per heavy atom. The van der Waals surface area contributed by atoms with Crippen molar-refractivity contribution < 1.29 is 22.7 Å². The fourth-order valence-corrected chi connectivity index (χ4v) is 9.02. The second-order valence-corrected chi connectivity index (χ2v) is 15.7. The number of nitrogens with two attached hydrogens (primary N) is 3. The smallest absolute Gasteiger partial charge is 0.242 e. The van der Waals surface area contributed by atoms with Crippen LogP contribution < -0.4 is 26.7 Å². The van der Waals surface area contributed by atoms with Crippen molar-refractivity contribution in [2.75, 3.05) is 32.7 Å². The van der Waals surface area contributed by atoms with Gasteiger partial charge in [0.25, 0.3) is 0 Å². The lowest BCUT2D eigenvalue weighted by atomic mass is 10.0. The highest BCUT2D eigenvalue weighted by Crippen LogP contribution is 2.35. The third-order valence-electron chi connectivity index (χ3n) is 9.50. The van der Waals surface area contributed by atoms with Gasteiger partial charge in [-0.25, -0.2) is 18.1 Å². The number of sulfonamides is 1. The van der Waals surface area contributed by atoms with Crippen LogP contribution in [0.25, 0.3) is 10.9 Å². The van der Waals surface area contributed by atoms with Gasteiger partial charge >= 0.3 is 0 Å². The zero-order valence-electron chi connectivity index (χ0n) is 28.9. The number of benzene rings is 2. The number of pyridine rings is 1. The van der Waals surface area contributed by atoms with E-state index in [-0.39, 0.29) is 51.8 Å². The van der Waals surface area contributed by atoms with E-state index in [2.05, 4.69) is 14.7 Å². The third kappa shape index (κ3) is 9.41. The van der Waals surface area contributed by atoms with Gasteiger partial charge in [-0.1, -0.05) is 41.8 Å². The second kappa shape index (κ2) is 16.8. The first-order valence-corrected chi connectivity index (χ1v) is 19.4. The van der Waals surface area contributed by atoms with Crippen LogP contribution in [-0.2, 0) is 26.2 Å². The lowest BCUT2D eigenvalue weighted by Gasteiger charge is -2.37. The Labute approximate surface area is 308 Å². The molecule has 2 aliphatic rings. The molecule has 276 valence electrons. The number of nitrogens with one attached hydrogen (secondary N) is 1. The van der Waals surface area contributed by atoms with Crippen LogP contribution in [0.3, 0.4) is 0 Å². The molecule has 2 aromatic carbocycles. The Hall–Kier alpha value is -3.69. The van der Waals surface area contributed by atoms with Gasteiger partial charge < -0.3 is 31.7 Å². The number of fused-ring (bicyclic) bond motifs is 1. The van der Waals surface area contributed by atoms with Gasteiger partial charge in [-0.15, -0.1) is 0 Å². The molecule has 0 radical (unpaired) electrons. The molecular formula is C35H46Cl2N8O5S. The van der Waals surface area contributed by atoms with E-state index < -0.39 is 22.0 Å². The maximum Gasteiger partial charge on any atom is 0.242 e. The number of hydrogen-bond acceptors (Lipinski definition) is 8. The summed E-state index contributed by atoms with van der Waals surface area (Å²) in [5, 5.41) is 1.15. The van der Waals surface area contributed by atoms with Crippen LogP contribution in [0.5, 0.6) is 5.75 Å². The summed E-state index contributed by atoms with van der Waals surface area (Å²) in [7, 11) is -4.15. The minimum absolute atomic E-state index is 0.0241. The van der Waals surface area contributed by atoms with Gasteiger partial charge in [-0.2, -0.15) is 0 Å². The quantitative estimate of drug-likeness (QED) is 0.114. The van der Waals surface area contributed by atoms with Crippen molar-refractivity contribution in [2.24, 2.45) is 28.1 Å². The van der Waals surface area contributed by atoms with Crippen LogP contribution >= 0.6 is 23.2 Å². The molecule has 1 aromatic heterocycles. The number of para-hydroxylation sites is 1. The molecule has 3 aromatic rings. The van der Waals surface area contributed by atoms with E-state index in [1.165, 1.54) is 12.1 Å². The van der Waals surface area contributed by atoms with Crippen molar-refractivity contribution in [2.45, 2.75) is 76.0 Å². The largest absolute Gasteiger partial charge is 0.487 e. The summed E-state index contributed by atoms with van der Waals surface area (Å²) in [5.41, 5.74) is 19.7. The fraction of sp³-hybridized carbons (Fsp3) is 0.486. The standard InChI is InChI=1S/C35H46Cl2N8O5S/c1-21-18-22(2)42-33-24(21)7-4-10-29(33)50-20-26-27(36)11-12-30(32(26)37)51(48,49)43-28-9-3-8-25(28)34(47)45-16-14-44(15-17-45)31(46)19-23(38)6-5-13-41-35(39)40/h4,7,10-12,18,23,25,28,43H,3,5-6,8-9,13-17,19-20,38H2,1-2H3,(H4,39,40,41)/t23-,25?,28?/m0/s1. The topological polar surface area (TPSA) is 199 Å². The molecule has 7 N–H and O–H groups in total. The first-order valence-electron chi connectivity index (χ1n) is 17.1. The number of amides is 2. The average molecular weight is 762 g/mol. The molecule has 0 bridgehead atoms. The van der Waals surface area contributed by atoms with Gasteiger partial charge in [0.1, 0.15) is 22.8 Å². The molecule has 2 unspecified atom stereocenters. The number of carbonyl (C=O) groups is 2. The van der Waals surface area contributed by atoms with Crippen LogP contribution in [0.15, 0.2) is 46.3 Å². The summed E-state index contributed by atoms with van der Waals surface area (Å²) < 4.78 is 36.4. The molecule has 3 atom stereocenters. The fourth-order valence-electron chi connectivity index (χ4n) is 6.83. The molecule has 2 fully saturated rings. The molecule has 16 heteroatoms. The number of aromatic nitrogens is 1. The van der Waals surface area contributed by atoms with E-state index in [0.717, 1.165) is 16.6 Å². The third-order valence-corrected chi connectivity index (χ3v) is 11.9. The number of carbonyl (C=O) groups excluding carboxylic acids is 2. The summed E-state index contributed by atoms with van der Waals surface area (Å²) in [5.74, 6) is -0.188. The number of guanidine groups is 1. The van der Waals surface area contributed by atoms with E-state index >= 15 is 0 Å². The van der Waals surface area contributed by atoms with E-state index in [1.807, 2.05) is 32.0 Å². The Morgan fingerprint density at radius 2 is 1.80 bits per heavy atom. The normalized spacial score (nSPS) is 18.5. The van der Waals surface area contributed by atoms with Crippen LogP contribution in [0.1, 0.15) is 55.3 Å². The number of rotatable bonds is 13. The first kappa shape index (κ1) is 38.5. The Balaban J connectivity index is 1.19. The Kier molecular flexibility index (Phi) is 12.7. The predicted molar refractivity (Wildman–Crippen MR) is 199 cm³/mol. The van der Waals surface area contributed by atoms with Crippen LogP contribution in [0, 0.1) is 19.8 Å². The number of hydrogen-bond donors (Lipinski definition) is 4. The van der Waals surface area contributed by atoms with E-state index in [0.29, 0.717) is 81.7 Å².